The van der Waals surface area contributed by atoms with E-state index in [0.717, 1.165) is 28.7 Å². The van der Waals surface area contributed by atoms with Gasteiger partial charge in [0.2, 0.25) is 5.89 Å². The number of nitrogens with two attached hydrogens (primary N) is 2. The van der Waals surface area contributed by atoms with E-state index in [1.165, 1.54) is 11.6 Å². The smallest absolute Gasteiger partial charge is 0.251 e. The summed E-state index contributed by atoms with van der Waals surface area (Å²) in [6.07, 6.45) is 5.55. The van der Waals surface area contributed by atoms with Gasteiger partial charge in [-0.25, -0.2) is 4.39 Å². The van der Waals surface area contributed by atoms with Gasteiger partial charge in [0.15, 0.2) is 11.9 Å². The molecule has 2 aliphatic heterocycles. The number of hydrogen-bond donors (Lipinski definition) is 4. The number of nitrogens with one attached hydrogen (secondary N) is 2. The number of guanidine groups is 2. The maximum absolute atomic E-state index is 15.0. The molecule has 0 fully saturated rings. The molecule has 0 aliphatic carbocycles. The van der Waals surface area contributed by atoms with Crippen LogP contribution in [0.4, 0.5) is 4.39 Å². The van der Waals surface area contributed by atoms with E-state index in [9.17, 15) is 4.39 Å². The fourth-order valence-corrected chi connectivity index (χ4v) is 4.46. The number of nitrogens with zero attached hydrogens (tertiary/aromatic N) is 4. The van der Waals surface area contributed by atoms with Crippen LogP contribution in [0.2, 0.25) is 0 Å². The molecule has 36 heavy (non-hydrogen) atoms. The molecule has 0 atom stereocenters. The van der Waals surface area contributed by atoms with Crippen LogP contribution in [0.25, 0.3) is 34.1 Å². The van der Waals surface area contributed by atoms with Gasteiger partial charge in [0.05, 0.1) is 5.56 Å². The lowest BCUT2D eigenvalue weighted by atomic mass is 9.98. The normalized spacial score (nSPS) is 15.9. The molecule has 0 saturated heterocycles. The van der Waals surface area contributed by atoms with Crippen molar-refractivity contribution in [2.75, 3.05) is 26.2 Å². The summed E-state index contributed by atoms with van der Waals surface area (Å²) >= 11 is 0. The Labute approximate surface area is 207 Å². The Balaban J connectivity index is 1.30. The van der Waals surface area contributed by atoms with Crippen LogP contribution in [0.15, 0.2) is 59.0 Å². The first-order chi connectivity index (χ1) is 17.4. The van der Waals surface area contributed by atoms with Gasteiger partial charge in [-0.15, -0.1) is 10.2 Å². The van der Waals surface area contributed by atoms with E-state index in [2.05, 4.69) is 16.3 Å². The molecule has 0 unspecified atom stereocenters. The van der Waals surface area contributed by atoms with Crippen LogP contribution in [0, 0.1) is 16.6 Å². The highest BCUT2D eigenvalue weighted by Crippen LogP contribution is 2.31. The maximum atomic E-state index is 15.0. The standard InChI is InChI=1S/C26H27FN8O/c27-22-15-20(18-9-13-35(14-10-18)26(30)31)5-6-21(22)24-33-32-23(36-24)19-3-1-16(2-4-19)17-7-11-34(12-8-17)25(28)29/h1-7,9,15H,8,10-14H2,(H3,28,29)(H3,30,31). The van der Waals surface area contributed by atoms with Crippen molar-refractivity contribution >= 4 is 23.1 Å². The Hall–Kier alpha value is -4.47. The maximum Gasteiger partial charge on any atom is 0.251 e. The monoisotopic (exact) mass is 486 g/mol. The lowest BCUT2D eigenvalue weighted by Crippen LogP contribution is -2.39. The Morgan fingerprint density at radius 1 is 0.778 bits per heavy atom. The summed E-state index contributed by atoms with van der Waals surface area (Å²) < 4.78 is 20.8. The third kappa shape index (κ3) is 4.70. The first-order valence-electron chi connectivity index (χ1n) is 11.7. The van der Waals surface area contributed by atoms with Crippen molar-refractivity contribution in [3.63, 3.8) is 0 Å². The summed E-state index contributed by atoms with van der Waals surface area (Å²) in [7, 11) is 0. The van der Waals surface area contributed by atoms with Gasteiger partial charge >= 0.3 is 0 Å². The van der Waals surface area contributed by atoms with Gasteiger partial charge < -0.3 is 25.7 Å². The predicted octanol–water partition coefficient (Wildman–Crippen LogP) is 3.51. The van der Waals surface area contributed by atoms with E-state index >= 15 is 0 Å². The number of rotatable bonds is 4. The minimum absolute atomic E-state index is 0.0424. The molecule has 0 spiro atoms. The van der Waals surface area contributed by atoms with Crippen LogP contribution in [0.5, 0.6) is 0 Å². The topological polar surface area (TPSA) is 145 Å². The van der Waals surface area contributed by atoms with E-state index in [0.29, 0.717) is 38.5 Å². The molecular formula is C26H27FN8O. The van der Waals surface area contributed by atoms with Crippen molar-refractivity contribution in [3.05, 3.63) is 71.6 Å². The third-order valence-corrected chi connectivity index (χ3v) is 6.60. The van der Waals surface area contributed by atoms with Gasteiger partial charge in [0, 0.05) is 31.7 Å². The summed E-state index contributed by atoms with van der Waals surface area (Å²) in [5.41, 5.74) is 16.2. The molecule has 0 bridgehead atoms. The fraction of sp³-hybridized carbons (Fsp3) is 0.231. The zero-order valence-corrected chi connectivity index (χ0v) is 19.7. The van der Waals surface area contributed by atoms with E-state index < -0.39 is 5.82 Å². The molecule has 3 heterocycles. The van der Waals surface area contributed by atoms with Crippen LogP contribution in [0.1, 0.15) is 24.0 Å². The number of halogens is 1. The summed E-state index contributed by atoms with van der Waals surface area (Å²) in [4.78, 5) is 3.58. The molecule has 184 valence electrons. The summed E-state index contributed by atoms with van der Waals surface area (Å²) in [5.74, 6) is 0.140. The van der Waals surface area contributed by atoms with Crippen LogP contribution >= 0.6 is 0 Å². The molecule has 6 N–H and O–H groups in total. The second-order valence-electron chi connectivity index (χ2n) is 8.81. The Kier molecular flexibility index (Phi) is 6.24. The Morgan fingerprint density at radius 3 is 1.83 bits per heavy atom. The second-order valence-corrected chi connectivity index (χ2v) is 8.81. The van der Waals surface area contributed by atoms with Crippen LogP contribution in [-0.2, 0) is 0 Å². The van der Waals surface area contributed by atoms with Gasteiger partial charge in [-0.3, -0.25) is 10.8 Å². The quantitative estimate of drug-likeness (QED) is 0.326. The highest BCUT2D eigenvalue weighted by molar-refractivity contribution is 5.78. The van der Waals surface area contributed by atoms with Crippen molar-refractivity contribution in [2.24, 2.45) is 11.5 Å². The lowest BCUT2D eigenvalue weighted by Gasteiger charge is -2.26. The SMILES string of the molecule is N=C(N)N1CC=C(c2ccc(-c3nnc(-c4ccc(C5=CCN(C(=N)N)CC5)cc4F)o3)cc2)CC1. The molecule has 2 aromatic carbocycles. The van der Waals surface area contributed by atoms with E-state index in [-0.39, 0.29) is 23.4 Å². The van der Waals surface area contributed by atoms with Gasteiger partial charge in [0.25, 0.3) is 5.89 Å². The van der Waals surface area contributed by atoms with Crippen molar-refractivity contribution in [1.29, 1.82) is 10.8 Å². The zero-order valence-electron chi connectivity index (χ0n) is 19.7. The molecule has 1 aromatic heterocycles. The molecule has 0 saturated carbocycles. The highest BCUT2D eigenvalue weighted by atomic mass is 19.1. The first kappa shape index (κ1) is 23.3. The van der Waals surface area contributed by atoms with Gasteiger partial charge in [-0.2, -0.15) is 0 Å². The molecule has 0 amide bonds. The van der Waals surface area contributed by atoms with Crippen LogP contribution in [-0.4, -0.2) is 58.1 Å². The van der Waals surface area contributed by atoms with Crippen molar-refractivity contribution in [2.45, 2.75) is 12.8 Å². The highest BCUT2D eigenvalue weighted by Gasteiger charge is 2.19. The zero-order chi connectivity index (χ0) is 25.2. The average Bonchev–Trinajstić information content (AvgIpc) is 3.39. The summed E-state index contributed by atoms with van der Waals surface area (Å²) in [5, 5.41) is 23.3. The summed E-state index contributed by atoms with van der Waals surface area (Å²) in [6.45, 7) is 2.50. The van der Waals surface area contributed by atoms with Crippen molar-refractivity contribution < 1.29 is 8.81 Å². The predicted molar refractivity (Wildman–Crippen MR) is 137 cm³/mol. The fourth-order valence-electron chi connectivity index (χ4n) is 4.46. The lowest BCUT2D eigenvalue weighted by molar-refractivity contribution is 0.451. The summed E-state index contributed by atoms with van der Waals surface area (Å²) in [6, 6.07) is 12.8. The minimum Gasteiger partial charge on any atom is -0.416 e. The van der Waals surface area contributed by atoms with Crippen LogP contribution in [0.3, 0.4) is 0 Å². The second kappa shape index (κ2) is 9.65. The van der Waals surface area contributed by atoms with E-state index in [4.69, 9.17) is 26.7 Å². The molecule has 10 heteroatoms. The van der Waals surface area contributed by atoms with E-state index in [1.54, 1.807) is 11.0 Å². The largest absolute Gasteiger partial charge is 0.416 e. The molecule has 3 aromatic rings. The third-order valence-electron chi connectivity index (χ3n) is 6.60. The van der Waals surface area contributed by atoms with Crippen molar-refractivity contribution in [1.82, 2.24) is 20.0 Å². The molecule has 0 radical (unpaired) electrons. The number of aromatic nitrogens is 2. The van der Waals surface area contributed by atoms with Crippen LogP contribution < -0.4 is 11.5 Å². The van der Waals surface area contributed by atoms with Gasteiger partial charge in [0.1, 0.15) is 5.82 Å². The molecular weight excluding hydrogens is 459 g/mol. The molecule has 2 aliphatic rings. The molecule has 5 rings (SSSR count). The van der Waals surface area contributed by atoms with Gasteiger partial charge in [-0.05, 0) is 59.4 Å². The van der Waals surface area contributed by atoms with Crippen molar-refractivity contribution in [3.8, 4) is 22.9 Å². The van der Waals surface area contributed by atoms with Gasteiger partial charge in [-0.1, -0.05) is 30.4 Å². The van der Waals surface area contributed by atoms with E-state index in [1.807, 2.05) is 41.3 Å². The number of hydrogen-bond acceptors (Lipinski definition) is 5. The first-order valence-corrected chi connectivity index (χ1v) is 11.7. The molecule has 9 nitrogen and oxygen atoms in total. The Bertz CT molecular complexity index is 1370. The minimum atomic E-state index is -0.434. The average molecular weight is 487 g/mol. The Morgan fingerprint density at radius 2 is 1.31 bits per heavy atom. The number of benzene rings is 2.